The normalized spacial score (nSPS) is 23.9. The summed E-state index contributed by atoms with van der Waals surface area (Å²) in [5.74, 6) is 0.611. The quantitative estimate of drug-likeness (QED) is 0.836. The number of nitrogens with two attached hydrogens (primary N) is 1. The van der Waals surface area contributed by atoms with E-state index in [1.807, 2.05) is 13.2 Å². The van der Waals surface area contributed by atoms with Gasteiger partial charge in [0.2, 0.25) is 0 Å². The Balaban J connectivity index is 2.17. The maximum atomic E-state index is 13.9. The Morgan fingerprint density at radius 3 is 3.06 bits per heavy atom. The van der Waals surface area contributed by atoms with Crippen molar-refractivity contribution in [3.8, 4) is 0 Å². The molecule has 0 radical (unpaired) electrons. The molecule has 0 aliphatic heterocycles. The van der Waals surface area contributed by atoms with Crippen molar-refractivity contribution in [3.05, 3.63) is 29.7 Å². The number of aromatic nitrogens is 2. The van der Waals surface area contributed by atoms with Crippen LogP contribution in [0.15, 0.2) is 18.3 Å². The maximum Gasteiger partial charge on any atom is 0.127 e. The molecule has 84 valence electrons. The summed E-state index contributed by atoms with van der Waals surface area (Å²) in [7, 11) is 1.86. The zero-order valence-electron chi connectivity index (χ0n) is 9.15. The second-order valence-electron chi connectivity index (χ2n) is 4.53. The molecule has 0 spiro atoms. The van der Waals surface area contributed by atoms with Crippen LogP contribution in [-0.2, 0) is 7.05 Å². The zero-order chi connectivity index (χ0) is 11.3. The maximum absolute atomic E-state index is 13.9. The fourth-order valence-electron chi connectivity index (χ4n) is 2.45. The molecule has 0 amide bonds. The Bertz CT molecular complexity index is 546. The average Bonchev–Trinajstić information content (AvgIpc) is 2.92. The summed E-state index contributed by atoms with van der Waals surface area (Å²) in [6, 6.07) is 3.24. The van der Waals surface area contributed by atoms with Gasteiger partial charge in [0.1, 0.15) is 5.82 Å². The molecule has 2 aromatic rings. The lowest BCUT2D eigenvalue weighted by atomic mass is 10.0. The molecular formula is C12H14FN3. The molecule has 1 aliphatic carbocycles. The van der Waals surface area contributed by atoms with E-state index in [2.05, 4.69) is 5.10 Å². The lowest BCUT2D eigenvalue weighted by Crippen LogP contribution is -2.02. The molecule has 3 rings (SSSR count). The van der Waals surface area contributed by atoms with Crippen molar-refractivity contribution in [2.75, 3.05) is 6.54 Å². The number of rotatable bonds is 2. The fourth-order valence-corrected chi connectivity index (χ4v) is 2.45. The van der Waals surface area contributed by atoms with Crippen molar-refractivity contribution in [1.29, 1.82) is 0 Å². The smallest absolute Gasteiger partial charge is 0.127 e. The standard InChI is InChI=1S/C12H14FN3/c1-16-6-9-11(15-16)3-2-10(13)12(9)8-4-7(8)5-14/h2-3,6-8H,4-5,14H2,1H3. The highest BCUT2D eigenvalue weighted by Crippen LogP contribution is 2.49. The Hall–Kier alpha value is -1.42. The van der Waals surface area contributed by atoms with E-state index in [0.29, 0.717) is 12.5 Å². The number of fused-ring (bicyclic) bond motifs is 1. The predicted molar refractivity (Wildman–Crippen MR) is 60.6 cm³/mol. The largest absolute Gasteiger partial charge is 0.330 e. The van der Waals surface area contributed by atoms with Crippen LogP contribution >= 0.6 is 0 Å². The van der Waals surface area contributed by atoms with Crippen LogP contribution in [0.5, 0.6) is 0 Å². The van der Waals surface area contributed by atoms with Gasteiger partial charge in [-0.25, -0.2) is 4.39 Å². The summed E-state index contributed by atoms with van der Waals surface area (Å²) in [6.45, 7) is 0.640. The van der Waals surface area contributed by atoms with Crippen molar-refractivity contribution in [1.82, 2.24) is 9.78 Å². The van der Waals surface area contributed by atoms with Gasteiger partial charge in [-0.15, -0.1) is 0 Å². The highest BCUT2D eigenvalue weighted by Gasteiger charge is 2.39. The summed E-state index contributed by atoms with van der Waals surface area (Å²) in [4.78, 5) is 0. The summed E-state index contributed by atoms with van der Waals surface area (Å²) >= 11 is 0. The van der Waals surface area contributed by atoms with Crippen LogP contribution < -0.4 is 5.73 Å². The van der Waals surface area contributed by atoms with Crippen LogP contribution in [0.3, 0.4) is 0 Å². The summed E-state index contributed by atoms with van der Waals surface area (Å²) in [5, 5.41) is 5.23. The Morgan fingerprint density at radius 1 is 1.56 bits per heavy atom. The van der Waals surface area contributed by atoms with Gasteiger partial charge in [0.25, 0.3) is 0 Å². The fraction of sp³-hybridized carbons (Fsp3) is 0.417. The molecule has 0 saturated heterocycles. The van der Waals surface area contributed by atoms with Gasteiger partial charge >= 0.3 is 0 Å². The van der Waals surface area contributed by atoms with E-state index in [1.54, 1.807) is 10.7 Å². The van der Waals surface area contributed by atoms with E-state index in [-0.39, 0.29) is 11.7 Å². The number of benzene rings is 1. The first-order valence-electron chi connectivity index (χ1n) is 5.52. The second-order valence-corrected chi connectivity index (χ2v) is 4.53. The van der Waals surface area contributed by atoms with Gasteiger partial charge in [-0.05, 0) is 36.9 Å². The molecule has 1 aromatic heterocycles. The third-order valence-electron chi connectivity index (χ3n) is 3.39. The molecule has 0 bridgehead atoms. The van der Waals surface area contributed by atoms with Crippen molar-refractivity contribution in [3.63, 3.8) is 0 Å². The van der Waals surface area contributed by atoms with E-state index < -0.39 is 0 Å². The zero-order valence-corrected chi connectivity index (χ0v) is 9.15. The van der Waals surface area contributed by atoms with E-state index in [0.717, 1.165) is 22.9 Å². The Morgan fingerprint density at radius 2 is 2.38 bits per heavy atom. The van der Waals surface area contributed by atoms with Gasteiger partial charge in [0.05, 0.1) is 5.52 Å². The minimum absolute atomic E-state index is 0.124. The lowest BCUT2D eigenvalue weighted by molar-refractivity contribution is 0.609. The van der Waals surface area contributed by atoms with Gasteiger partial charge in [0, 0.05) is 24.2 Å². The Kier molecular flexibility index (Phi) is 2.01. The first-order valence-corrected chi connectivity index (χ1v) is 5.52. The molecule has 3 nitrogen and oxygen atoms in total. The molecule has 1 aromatic carbocycles. The third kappa shape index (κ3) is 1.33. The molecule has 1 heterocycles. The van der Waals surface area contributed by atoms with Crippen molar-refractivity contribution < 1.29 is 4.39 Å². The van der Waals surface area contributed by atoms with Crippen LogP contribution in [0.4, 0.5) is 4.39 Å². The van der Waals surface area contributed by atoms with Crippen molar-refractivity contribution in [2.45, 2.75) is 12.3 Å². The predicted octanol–water partition coefficient (Wildman–Crippen LogP) is 1.77. The van der Waals surface area contributed by atoms with Gasteiger partial charge in [-0.1, -0.05) is 0 Å². The third-order valence-corrected chi connectivity index (χ3v) is 3.39. The first-order chi connectivity index (χ1) is 7.70. The molecular weight excluding hydrogens is 205 g/mol. The average molecular weight is 219 g/mol. The highest BCUT2D eigenvalue weighted by atomic mass is 19.1. The highest BCUT2D eigenvalue weighted by molar-refractivity contribution is 5.83. The molecule has 2 unspecified atom stereocenters. The minimum atomic E-state index is -0.124. The number of nitrogens with zero attached hydrogens (tertiary/aromatic N) is 2. The van der Waals surface area contributed by atoms with Crippen LogP contribution in [0.2, 0.25) is 0 Å². The van der Waals surface area contributed by atoms with E-state index in [1.165, 1.54) is 6.07 Å². The topological polar surface area (TPSA) is 43.8 Å². The molecule has 1 aliphatic rings. The lowest BCUT2D eigenvalue weighted by Gasteiger charge is -2.03. The monoisotopic (exact) mass is 219 g/mol. The molecule has 1 fully saturated rings. The molecule has 2 N–H and O–H groups in total. The first kappa shape index (κ1) is 9.78. The number of halogens is 1. The second kappa shape index (κ2) is 3.28. The van der Waals surface area contributed by atoms with E-state index in [9.17, 15) is 4.39 Å². The van der Waals surface area contributed by atoms with E-state index >= 15 is 0 Å². The number of aryl methyl sites for hydroxylation is 1. The van der Waals surface area contributed by atoms with Crippen LogP contribution in [0, 0.1) is 11.7 Å². The summed E-state index contributed by atoms with van der Waals surface area (Å²) < 4.78 is 15.6. The van der Waals surface area contributed by atoms with Crippen LogP contribution in [0.1, 0.15) is 17.9 Å². The number of hydrogen-bond donors (Lipinski definition) is 1. The van der Waals surface area contributed by atoms with Crippen molar-refractivity contribution in [2.24, 2.45) is 18.7 Å². The molecule has 16 heavy (non-hydrogen) atoms. The molecule has 1 saturated carbocycles. The Labute approximate surface area is 93.0 Å². The SMILES string of the molecule is Cn1cc2c(C3CC3CN)c(F)ccc2n1. The molecule has 4 heteroatoms. The van der Waals surface area contributed by atoms with Gasteiger partial charge in [-0.2, -0.15) is 5.10 Å². The van der Waals surface area contributed by atoms with E-state index in [4.69, 9.17) is 5.73 Å². The summed E-state index contributed by atoms with van der Waals surface area (Å²) in [6.07, 6.45) is 2.89. The summed E-state index contributed by atoms with van der Waals surface area (Å²) in [5.41, 5.74) is 7.29. The number of hydrogen-bond acceptors (Lipinski definition) is 2. The van der Waals surface area contributed by atoms with Gasteiger partial charge < -0.3 is 5.73 Å². The van der Waals surface area contributed by atoms with Gasteiger partial charge in [0.15, 0.2) is 0 Å². The van der Waals surface area contributed by atoms with Crippen LogP contribution in [0.25, 0.3) is 10.9 Å². The van der Waals surface area contributed by atoms with Gasteiger partial charge in [-0.3, -0.25) is 4.68 Å². The van der Waals surface area contributed by atoms with Crippen molar-refractivity contribution >= 4 is 10.9 Å². The van der Waals surface area contributed by atoms with Crippen LogP contribution in [-0.4, -0.2) is 16.3 Å². The minimum Gasteiger partial charge on any atom is -0.330 e. The molecule has 2 atom stereocenters.